The molecule has 0 saturated carbocycles. The van der Waals surface area contributed by atoms with Gasteiger partial charge >= 0.3 is 6.61 Å². The number of rotatable bonds is 5. The summed E-state index contributed by atoms with van der Waals surface area (Å²) in [4.78, 5) is 0. The number of halogens is 6. The highest BCUT2D eigenvalue weighted by atomic mass is 19.3. The average molecular weight is 386 g/mol. The van der Waals surface area contributed by atoms with Crippen molar-refractivity contribution in [1.82, 2.24) is 0 Å². The van der Waals surface area contributed by atoms with Gasteiger partial charge in [0.2, 0.25) is 0 Å². The maximum Gasteiger partial charge on any atom is 0.387 e. The Morgan fingerprint density at radius 2 is 1.63 bits per heavy atom. The van der Waals surface area contributed by atoms with Crippen LogP contribution < -0.4 is 9.47 Å². The van der Waals surface area contributed by atoms with Gasteiger partial charge in [0.05, 0.1) is 12.0 Å². The predicted octanol–water partition coefficient (Wildman–Crippen LogP) is 6.06. The molecule has 0 amide bonds. The molecule has 0 fully saturated rings. The number of hydrogen-bond acceptors (Lipinski definition) is 2. The predicted molar refractivity (Wildman–Crippen MR) is 87.0 cm³/mol. The summed E-state index contributed by atoms with van der Waals surface area (Å²) in [5.41, 5.74) is -0.00477. The molecule has 0 aromatic heterocycles. The third-order valence-electron chi connectivity index (χ3n) is 3.81. The minimum atomic E-state index is -3.48. The van der Waals surface area contributed by atoms with Crippen LogP contribution in [0, 0.1) is 23.3 Å². The highest BCUT2D eigenvalue weighted by Crippen LogP contribution is 2.36. The smallest absolute Gasteiger partial charge is 0.387 e. The number of hydrogen-bond donors (Lipinski definition) is 0. The lowest BCUT2D eigenvalue weighted by Crippen LogP contribution is -2.06. The van der Waals surface area contributed by atoms with E-state index in [-0.39, 0.29) is 22.3 Å². The summed E-state index contributed by atoms with van der Waals surface area (Å²) < 4.78 is 90.4. The molecular weight excluding hydrogens is 374 g/mol. The van der Waals surface area contributed by atoms with Crippen LogP contribution in [0.4, 0.5) is 26.3 Å². The molecular formula is C19H12F6O2. The standard InChI is InChI=1S/C19H12F6O2/c1-2-26-11-3-4-12(13(20)8-11)9-5-10-7-15(22)18(27-19(24)25)17(23)16(10)14(21)6-9/h3-8,19H,2H2,1H3. The van der Waals surface area contributed by atoms with Crippen LogP contribution in [0.1, 0.15) is 6.92 Å². The Morgan fingerprint density at radius 1 is 0.889 bits per heavy atom. The average Bonchev–Trinajstić information content (AvgIpc) is 2.58. The van der Waals surface area contributed by atoms with Crippen LogP contribution >= 0.6 is 0 Å². The summed E-state index contributed by atoms with van der Waals surface area (Å²) >= 11 is 0. The molecule has 0 atom stereocenters. The first kappa shape index (κ1) is 18.9. The summed E-state index contributed by atoms with van der Waals surface area (Å²) in [6, 6.07) is 6.52. The van der Waals surface area contributed by atoms with Gasteiger partial charge in [0.25, 0.3) is 0 Å². The Bertz CT molecular complexity index is 1000. The largest absolute Gasteiger partial charge is 0.494 e. The summed E-state index contributed by atoms with van der Waals surface area (Å²) in [5.74, 6) is -6.03. The SMILES string of the molecule is CCOc1ccc(-c2cc(F)c3c(F)c(OC(F)F)c(F)cc3c2)c(F)c1. The maximum atomic E-state index is 14.4. The first-order valence-electron chi connectivity index (χ1n) is 7.80. The topological polar surface area (TPSA) is 18.5 Å². The van der Waals surface area contributed by atoms with Crippen molar-refractivity contribution in [3.63, 3.8) is 0 Å². The Morgan fingerprint density at radius 3 is 2.26 bits per heavy atom. The third kappa shape index (κ3) is 3.65. The van der Waals surface area contributed by atoms with Gasteiger partial charge in [-0.15, -0.1) is 0 Å². The van der Waals surface area contributed by atoms with Crippen LogP contribution in [0.25, 0.3) is 21.9 Å². The number of ether oxygens (including phenoxy) is 2. The van der Waals surface area contributed by atoms with E-state index in [1.807, 2.05) is 0 Å². The van der Waals surface area contributed by atoms with Gasteiger partial charge in [-0.2, -0.15) is 8.78 Å². The van der Waals surface area contributed by atoms with E-state index in [9.17, 15) is 26.3 Å². The van der Waals surface area contributed by atoms with Crippen molar-refractivity contribution in [2.45, 2.75) is 13.5 Å². The maximum absolute atomic E-state index is 14.4. The molecule has 0 N–H and O–H groups in total. The minimum Gasteiger partial charge on any atom is -0.494 e. The van der Waals surface area contributed by atoms with E-state index in [0.717, 1.165) is 18.2 Å². The molecule has 27 heavy (non-hydrogen) atoms. The molecule has 3 rings (SSSR count). The van der Waals surface area contributed by atoms with Crippen molar-refractivity contribution in [2.24, 2.45) is 0 Å². The second-order valence-electron chi connectivity index (χ2n) is 5.51. The van der Waals surface area contributed by atoms with E-state index >= 15 is 0 Å². The number of alkyl halides is 2. The molecule has 0 aliphatic carbocycles. The zero-order chi connectivity index (χ0) is 19.7. The fourth-order valence-corrected chi connectivity index (χ4v) is 2.73. The molecule has 0 heterocycles. The van der Waals surface area contributed by atoms with Crippen molar-refractivity contribution in [1.29, 1.82) is 0 Å². The molecule has 2 nitrogen and oxygen atoms in total. The molecule has 0 unspecified atom stereocenters. The number of benzene rings is 3. The van der Waals surface area contributed by atoms with Crippen LogP contribution in [0.15, 0.2) is 36.4 Å². The fraction of sp³-hybridized carbons (Fsp3) is 0.158. The molecule has 0 saturated heterocycles. The highest BCUT2D eigenvalue weighted by Gasteiger charge is 2.22. The Kier molecular flexibility index (Phi) is 5.16. The fourth-order valence-electron chi connectivity index (χ4n) is 2.73. The molecule has 3 aromatic rings. The Labute approximate surface area is 149 Å². The summed E-state index contributed by atoms with van der Waals surface area (Å²) in [7, 11) is 0. The van der Waals surface area contributed by atoms with Crippen LogP contribution in [-0.2, 0) is 0 Å². The van der Waals surface area contributed by atoms with Gasteiger partial charge in [-0.25, -0.2) is 17.6 Å². The van der Waals surface area contributed by atoms with E-state index in [1.165, 1.54) is 12.1 Å². The van der Waals surface area contributed by atoms with E-state index in [1.54, 1.807) is 6.92 Å². The molecule has 142 valence electrons. The zero-order valence-electron chi connectivity index (χ0n) is 13.8. The molecule has 0 radical (unpaired) electrons. The van der Waals surface area contributed by atoms with Crippen molar-refractivity contribution in [3.8, 4) is 22.6 Å². The van der Waals surface area contributed by atoms with Crippen LogP contribution in [-0.4, -0.2) is 13.2 Å². The quantitative estimate of drug-likeness (QED) is 0.496. The van der Waals surface area contributed by atoms with Crippen LogP contribution in [0.2, 0.25) is 0 Å². The van der Waals surface area contributed by atoms with Gasteiger partial charge in [-0.3, -0.25) is 0 Å². The van der Waals surface area contributed by atoms with Crippen molar-refractivity contribution >= 4 is 10.8 Å². The Hall–Kier alpha value is -2.90. The van der Waals surface area contributed by atoms with Gasteiger partial charge in [-0.05, 0) is 48.2 Å². The monoisotopic (exact) mass is 386 g/mol. The molecule has 0 aliphatic heterocycles. The van der Waals surface area contributed by atoms with E-state index in [4.69, 9.17) is 4.74 Å². The first-order chi connectivity index (χ1) is 12.8. The minimum absolute atomic E-state index is 0.0156. The second-order valence-corrected chi connectivity index (χ2v) is 5.51. The lowest BCUT2D eigenvalue weighted by Gasteiger charge is -2.12. The van der Waals surface area contributed by atoms with Crippen LogP contribution in [0.3, 0.4) is 0 Å². The summed E-state index contributed by atoms with van der Waals surface area (Å²) in [6.45, 7) is -1.43. The summed E-state index contributed by atoms with van der Waals surface area (Å²) in [6.07, 6.45) is 0. The zero-order valence-corrected chi connectivity index (χ0v) is 13.8. The molecule has 3 aromatic carbocycles. The Balaban J connectivity index is 2.15. The summed E-state index contributed by atoms with van der Waals surface area (Å²) in [5, 5.41) is -1.00. The normalized spacial score (nSPS) is 11.3. The van der Waals surface area contributed by atoms with Crippen molar-refractivity contribution in [2.75, 3.05) is 6.61 Å². The molecule has 0 bridgehead atoms. The van der Waals surface area contributed by atoms with Gasteiger partial charge in [-0.1, -0.05) is 0 Å². The lowest BCUT2D eigenvalue weighted by molar-refractivity contribution is -0.0544. The first-order valence-corrected chi connectivity index (χ1v) is 7.80. The van der Waals surface area contributed by atoms with E-state index in [2.05, 4.69) is 4.74 Å². The van der Waals surface area contributed by atoms with Crippen LogP contribution in [0.5, 0.6) is 11.5 Å². The molecule has 0 spiro atoms. The second kappa shape index (κ2) is 7.38. The van der Waals surface area contributed by atoms with E-state index < -0.39 is 41.0 Å². The number of fused-ring (bicyclic) bond motifs is 1. The molecule has 8 heteroatoms. The van der Waals surface area contributed by atoms with Crippen molar-refractivity contribution in [3.05, 3.63) is 59.7 Å². The molecule has 0 aliphatic rings. The van der Waals surface area contributed by atoms with Gasteiger partial charge < -0.3 is 9.47 Å². The van der Waals surface area contributed by atoms with Crippen molar-refractivity contribution < 1.29 is 35.8 Å². The van der Waals surface area contributed by atoms with Gasteiger partial charge in [0, 0.05) is 11.6 Å². The third-order valence-corrected chi connectivity index (χ3v) is 3.81. The lowest BCUT2D eigenvalue weighted by atomic mass is 9.99. The van der Waals surface area contributed by atoms with E-state index in [0.29, 0.717) is 12.7 Å². The van der Waals surface area contributed by atoms with Gasteiger partial charge in [0.1, 0.15) is 17.4 Å². The highest BCUT2D eigenvalue weighted by molar-refractivity contribution is 5.90. The van der Waals surface area contributed by atoms with Gasteiger partial charge in [0.15, 0.2) is 17.4 Å².